The molecule has 1 unspecified atom stereocenters. The van der Waals surface area contributed by atoms with Crippen molar-refractivity contribution in [1.82, 2.24) is 5.32 Å². The Hall–Kier alpha value is -1.62. The van der Waals surface area contributed by atoms with Crippen LogP contribution in [0, 0.1) is 0 Å². The van der Waals surface area contributed by atoms with Crippen LogP contribution < -0.4 is 10.1 Å². The van der Waals surface area contributed by atoms with Gasteiger partial charge in [0.2, 0.25) is 0 Å². The average Bonchev–Trinajstić information content (AvgIpc) is 2.53. The number of ether oxygens (including phenoxy) is 1. The largest absolute Gasteiger partial charge is 0.497 e. The summed E-state index contributed by atoms with van der Waals surface area (Å²) in [5.41, 5.74) is -0.725. The van der Waals surface area contributed by atoms with Crippen LogP contribution in [0.5, 0.6) is 5.75 Å². The minimum atomic E-state index is -1.28. The van der Waals surface area contributed by atoms with Gasteiger partial charge in [-0.3, -0.25) is 4.79 Å². The molecule has 1 heterocycles. The van der Waals surface area contributed by atoms with Crippen molar-refractivity contribution in [3.8, 4) is 5.75 Å². The Morgan fingerprint density at radius 3 is 2.64 bits per heavy atom. The number of hydrogen-bond donors (Lipinski definition) is 2. The summed E-state index contributed by atoms with van der Waals surface area (Å²) >= 11 is 0. The standard InChI is InChI=1S/C17H19NO3.ClH/c1-21-15-6-5-12-9-14(4-3-13(12)10-15)16(19)17(20)7-2-8-18-11-17;/h3-6,9-10,18,20H,2,7-8,11H2,1H3;1H. The molecule has 2 N–H and O–H groups in total. The molecule has 0 spiro atoms. The third-order valence-electron chi connectivity index (χ3n) is 4.09. The van der Waals surface area contributed by atoms with Gasteiger partial charge < -0.3 is 15.2 Å². The van der Waals surface area contributed by atoms with E-state index in [1.807, 2.05) is 30.3 Å². The lowest BCUT2D eigenvalue weighted by atomic mass is 9.85. The van der Waals surface area contributed by atoms with Crippen LogP contribution in [0.3, 0.4) is 0 Å². The van der Waals surface area contributed by atoms with Crippen LogP contribution in [0.25, 0.3) is 10.8 Å². The number of methoxy groups -OCH3 is 1. The molecule has 0 bridgehead atoms. The van der Waals surface area contributed by atoms with Crippen molar-refractivity contribution in [2.45, 2.75) is 18.4 Å². The number of benzene rings is 2. The van der Waals surface area contributed by atoms with Gasteiger partial charge in [-0.25, -0.2) is 0 Å². The van der Waals surface area contributed by atoms with Crippen molar-refractivity contribution in [1.29, 1.82) is 0 Å². The maximum Gasteiger partial charge on any atom is 0.195 e. The molecule has 0 aliphatic carbocycles. The number of carbonyl (C=O) groups excluding carboxylic acids is 1. The van der Waals surface area contributed by atoms with E-state index in [-0.39, 0.29) is 18.2 Å². The smallest absolute Gasteiger partial charge is 0.195 e. The summed E-state index contributed by atoms with van der Waals surface area (Å²) in [5.74, 6) is 0.587. The molecular formula is C17H20ClNO3. The molecule has 0 aromatic heterocycles. The van der Waals surface area contributed by atoms with Crippen molar-refractivity contribution in [2.75, 3.05) is 20.2 Å². The molecule has 5 heteroatoms. The van der Waals surface area contributed by atoms with E-state index in [1.165, 1.54) is 0 Å². The van der Waals surface area contributed by atoms with Crippen molar-refractivity contribution >= 4 is 29.0 Å². The number of nitrogens with one attached hydrogen (secondary N) is 1. The first kappa shape index (κ1) is 16.7. The van der Waals surface area contributed by atoms with Gasteiger partial charge in [0, 0.05) is 12.1 Å². The molecule has 1 saturated heterocycles. The Morgan fingerprint density at radius 1 is 1.23 bits per heavy atom. The molecule has 0 saturated carbocycles. The molecule has 1 aliphatic rings. The molecule has 1 aliphatic heterocycles. The molecule has 1 atom stereocenters. The average molecular weight is 322 g/mol. The van der Waals surface area contributed by atoms with Gasteiger partial charge in [0.05, 0.1) is 7.11 Å². The zero-order valence-electron chi connectivity index (χ0n) is 12.5. The van der Waals surface area contributed by atoms with Crippen LogP contribution in [0.2, 0.25) is 0 Å². The lowest BCUT2D eigenvalue weighted by molar-refractivity contribution is 0.0191. The molecule has 118 valence electrons. The van der Waals surface area contributed by atoms with Gasteiger partial charge in [0.25, 0.3) is 0 Å². The highest BCUT2D eigenvalue weighted by molar-refractivity contribution is 6.05. The highest BCUT2D eigenvalue weighted by Crippen LogP contribution is 2.26. The summed E-state index contributed by atoms with van der Waals surface area (Å²) < 4.78 is 5.20. The molecule has 0 radical (unpaired) electrons. The number of Topliss-reactive ketones (excluding diaryl/α,β-unsaturated/α-hetero) is 1. The Labute approximate surface area is 135 Å². The Bertz CT molecular complexity index is 681. The lowest BCUT2D eigenvalue weighted by Crippen LogP contribution is -2.51. The number of aliphatic hydroxyl groups is 1. The van der Waals surface area contributed by atoms with Crippen molar-refractivity contribution in [2.24, 2.45) is 0 Å². The second-order valence-electron chi connectivity index (χ2n) is 5.57. The molecule has 22 heavy (non-hydrogen) atoms. The van der Waals surface area contributed by atoms with Crippen LogP contribution >= 0.6 is 12.4 Å². The van der Waals surface area contributed by atoms with E-state index >= 15 is 0 Å². The van der Waals surface area contributed by atoms with Crippen molar-refractivity contribution in [3.05, 3.63) is 42.0 Å². The zero-order valence-corrected chi connectivity index (χ0v) is 13.3. The van der Waals surface area contributed by atoms with Gasteiger partial charge >= 0.3 is 0 Å². The summed E-state index contributed by atoms with van der Waals surface area (Å²) in [4.78, 5) is 12.6. The predicted octanol–water partition coefficient (Wildman–Crippen LogP) is 2.57. The van der Waals surface area contributed by atoms with E-state index in [9.17, 15) is 9.90 Å². The van der Waals surface area contributed by atoms with Crippen LogP contribution in [-0.2, 0) is 0 Å². The van der Waals surface area contributed by atoms with Crippen LogP contribution in [0.1, 0.15) is 23.2 Å². The topological polar surface area (TPSA) is 58.6 Å². The molecule has 0 amide bonds. The van der Waals surface area contributed by atoms with Crippen LogP contribution in [-0.4, -0.2) is 36.7 Å². The monoisotopic (exact) mass is 321 g/mol. The van der Waals surface area contributed by atoms with E-state index < -0.39 is 5.60 Å². The van der Waals surface area contributed by atoms with Crippen molar-refractivity contribution < 1.29 is 14.6 Å². The quantitative estimate of drug-likeness (QED) is 0.853. The van der Waals surface area contributed by atoms with Gasteiger partial charge in [0.1, 0.15) is 11.4 Å². The molecule has 4 nitrogen and oxygen atoms in total. The number of rotatable bonds is 3. The minimum Gasteiger partial charge on any atom is -0.497 e. The summed E-state index contributed by atoms with van der Waals surface area (Å²) in [7, 11) is 1.63. The van der Waals surface area contributed by atoms with Gasteiger partial charge in [-0.2, -0.15) is 0 Å². The number of halogens is 1. The molecule has 3 rings (SSSR count). The normalized spacial score (nSPS) is 21.2. The van der Waals surface area contributed by atoms with E-state index in [1.54, 1.807) is 13.2 Å². The highest BCUT2D eigenvalue weighted by Gasteiger charge is 2.37. The molecule has 2 aromatic carbocycles. The van der Waals surface area contributed by atoms with Gasteiger partial charge in [-0.05, 0) is 48.4 Å². The summed E-state index contributed by atoms with van der Waals surface area (Å²) in [6, 6.07) is 11.2. The van der Waals surface area contributed by atoms with E-state index in [4.69, 9.17) is 4.74 Å². The third-order valence-corrected chi connectivity index (χ3v) is 4.09. The number of ketones is 1. The zero-order chi connectivity index (χ0) is 14.9. The second-order valence-corrected chi connectivity index (χ2v) is 5.57. The maximum atomic E-state index is 12.6. The Morgan fingerprint density at radius 2 is 1.95 bits per heavy atom. The first-order valence-electron chi connectivity index (χ1n) is 7.18. The maximum absolute atomic E-state index is 12.6. The predicted molar refractivity (Wildman–Crippen MR) is 89.1 cm³/mol. The molecule has 2 aromatic rings. The number of carbonyl (C=O) groups is 1. The van der Waals surface area contributed by atoms with E-state index in [0.717, 1.165) is 29.5 Å². The number of piperidine rings is 1. The van der Waals surface area contributed by atoms with Gasteiger partial charge in [-0.15, -0.1) is 12.4 Å². The summed E-state index contributed by atoms with van der Waals surface area (Å²) in [6.45, 7) is 1.18. The fraction of sp³-hybridized carbons (Fsp3) is 0.353. The highest BCUT2D eigenvalue weighted by atomic mass is 35.5. The summed E-state index contributed by atoms with van der Waals surface area (Å²) in [5, 5.41) is 15.6. The summed E-state index contributed by atoms with van der Waals surface area (Å²) in [6.07, 6.45) is 1.33. The second kappa shape index (κ2) is 6.65. The number of fused-ring (bicyclic) bond motifs is 1. The first-order valence-corrected chi connectivity index (χ1v) is 7.18. The number of hydrogen-bond acceptors (Lipinski definition) is 4. The fourth-order valence-electron chi connectivity index (χ4n) is 2.84. The number of β-amino-alcohol motifs (C(OH)–C–C–N with tert-alkyl or cyclic N) is 1. The van der Waals surface area contributed by atoms with E-state index in [0.29, 0.717) is 18.5 Å². The van der Waals surface area contributed by atoms with Gasteiger partial charge in [0.15, 0.2) is 5.78 Å². The first-order chi connectivity index (χ1) is 10.1. The molecular weight excluding hydrogens is 302 g/mol. The molecule has 1 fully saturated rings. The Balaban J connectivity index is 0.00000176. The lowest BCUT2D eigenvalue weighted by Gasteiger charge is -2.31. The Kier molecular flexibility index (Phi) is 5.06. The van der Waals surface area contributed by atoms with Gasteiger partial charge in [-0.1, -0.05) is 18.2 Å². The van der Waals surface area contributed by atoms with Crippen molar-refractivity contribution in [3.63, 3.8) is 0 Å². The van der Waals surface area contributed by atoms with E-state index in [2.05, 4.69) is 5.32 Å². The fourth-order valence-corrected chi connectivity index (χ4v) is 2.84. The minimum absolute atomic E-state index is 0. The SMILES string of the molecule is COc1ccc2cc(C(=O)C3(O)CCCNC3)ccc2c1.Cl. The third kappa shape index (κ3) is 3.09. The van der Waals surface area contributed by atoms with Crippen LogP contribution in [0.15, 0.2) is 36.4 Å². The van der Waals surface area contributed by atoms with Crippen LogP contribution in [0.4, 0.5) is 0 Å².